The van der Waals surface area contributed by atoms with Gasteiger partial charge in [-0.2, -0.15) is 0 Å². The number of hydrogen-bond acceptors (Lipinski definition) is 3. The second kappa shape index (κ2) is 8.74. The van der Waals surface area contributed by atoms with Crippen molar-refractivity contribution in [2.75, 3.05) is 26.2 Å². The van der Waals surface area contributed by atoms with Crippen LogP contribution in [0.15, 0.2) is 48.5 Å². The third-order valence-electron chi connectivity index (χ3n) is 5.73. The standard InChI is InChI=1S/C23H27FN2O2/c24-20-8-3-7-18(16-20)21-9-4-13-26(21)17-19-6-1-2-10-22(19)28-15-14-25-12-5-11-23(25)27/h1-3,6-8,10,16,21H,4-5,9,11-15,17H2/t21-/m1/s1. The maximum Gasteiger partial charge on any atom is 0.222 e. The van der Waals surface area contributed by atoms with E-state index in [0.29, 0.717) is 19.6 Å². The Morgan fingerprint density at radius 3 is 2.79 bits per heavy atom. The molecule has 0 N–H and O–H groups in total. The minimum absolute atomic E-state index is 0.176. The normalized spacial score (nSPS) is 20.1. The molecule has 2 aliphatic heterocycles. The van der Waals surface area contributed by atoms with Crippen LogP contribution < -0.4 is 4.74 Å². The van der Waals surface area contributed by atoms with E-state index in [0.717, 1.165) is 55.8 Å². The number of carbonyl (C=O) groups is 1. The quantitative estimate of drug-likeness (QED) is 0.721. The summed E-state index contributed by atoms with van der Waals surface area (Å²) < 4.78 is 19.7. The average molecular weight is 382 g/mol. The molecular weight excluding hydrogens is 355 g/mol. The van der Waals surface area contributed by atoms with E-state index in [1.807, 2.05) is 29.2 Å². The lowest BCUT2D eigenvalue weighted by molar-refractivity contribution is -0.128. The molecule has 0 unspecified atom stereocenters. The van der Waals surface area contributed by atoms with Crippen molar-refractivity contribution < 1.29 is 13.9 Å². The monoisotopic (exact) mass is 382 g/mol. The number of amides is 1. The van der Waals surface area contributed by atoms with Crippen molar-refractivity contribution in [1.29, 1.82) is 0 Å². The van der Waals surface area contributed by atoms with Gasteiger partial charge in [0.1, 0.15) is 18.2 Å². The van der Waals surface area contributed by atoms with E-state index in [2.05, 4.69) is 11.0 Å². The van der Waals surface area contributed by atoms with Crippen molar-refractivity contribution >= 4 is 5.91 Å². The number of ether oxygens (including phenoxy) is 1. The number of hydrogen-bond donors (Lipinski definition) is 0. The molecule has 0 aromatic heterocycles. The molecule has 2 aromatic carbocycles. The summed E-state index contributed by atoms with van der Waals surface area (Å²) in [6.07, 6.45) is 3.77. The van der Waals surface area contributed by atoms with Crippen LogP contribution in [0.5, 0.6) is 5.75 Å². The van der Waals surface area contributed by atoms with Crippen LogP contribution in [-0.2, 0) is 11.3 Å². The largest absolute Gasteiger partial charge is 0.491 e. The van der Waals surface area contributed by atoms with Gasteiger partial charge in [0.25, 0.3) is 0 Å². The Bertz CT molecular complexity index is 826. The lowest BCUT2D eigenvalue weighted by atomic mass is 10.0. The number of carbonyl (C=O) groups excluding carboxylic acids is 1. The van der Waals surface area contributed by atoms with Crippen LogP contribution in [0, 0.1) is 5.82 Å². The number of benzene rings is 2. The van der Waals surface area contributed by atoms with Crippen molar-refractivity contribution in [1.82, 2.24) is 9.80 Å². The second-order valence-electron chi connectivity index (χ2n) is 7.62. The first-order chi connectivity index (χ1) is 13.7. The summed E-state index contributed by atoms with van der Waals surface area (Å²) in [4.78, 5) is 16.0. The average Bonchev–Trinajstić information content (AvgIpc) is 3.32. The molecule has 148 valence electrons. The van der Waals surface area contributed by atoms with Gasteiger partial charge in [-0.15, -0.1) is 0 Å². The first kappa shape index (κ1) is 18.9. The van der Waals surface area contributed by atoms with Crippen LogP contribution in [0.2, 0.25) is 0 Å². The molecule has 4 nitrogen and oxygen atoms in total. The van der Waals surface area contributed by atoms with Gasteiger partial charge in [0, 0.05) is 31.1 Å². The Hall–Kier alpha value is -2.40. The van der Waals surface area contributed by atoms with E-state index >= 15 is 0 Å². The second-order valence-corrected chi connectivity index (χ2v) is 7.62. The van der Waals surface area contributed by atoms with Gasteiger partial charge < -0.3 is 9.64 Å². The Kier molecular flexibility index (Phi) is 5.91. The van der Waals surface area contributed by atoms with Gasteiger partial charge in [-0.05, 0) is 49.6 Å². The van der Waals surface area contributed by atoms with E-state index < -0.39 is 0 Å². The van der Waals surface area contributed by atoms with Gasteiger partial charge in [0.05, 0.1) is 6.54 Å². The zero-order chi connectivity index (χ0) is 19.3. The van der Waals surface area contributed by atoms with Crippen molar-refractivity contribution in [2.45, 2.75) is 38.3 Å². The van der Waals surface area contributed by atoms with Crippen molar-refractivity contribution in [3.63, 3.8) is 0 Å². The number of nitrogens with zero attached hydrogens (tertiary/aromatic N) is 2. The fourth-order valence-corrected chi connectivity index (χ4v) is 4.31. The van der Waals surface area contributed by atoms with Crippen LogP contribution in [0.4, 0.5) is 4.39 Å². The molecule has 0 spiro atoms. The molecule has 0 aliphatic carbocycles. The molecule has 0 bridgehead atoms. The van der Waals surface area contributed by atoms with Gasteiger partial charge in [-0.25, -0.2) is 4.39 Å². The summed E-state index contributed by atoms with van der Waals surface area (Å²) in [5.74, 6) is 0.926. The molecule has 1 atom stereocenters. The Balaban J connectivity index is 1.41. The number of halogens is 1. The maximum atomic E-state index is 13.7. The van der Waals surface area contributed by atoms with Crippen molar-refractivity contribution in [3.05, 3.63) is 65.5 Å². The first-order valence-electron chi connectivity index (χ1n) is 10.2. The zero-order valence-electron chi connectivity index (χ0n) is 16.1. The molecule has 2 aromatic rings. The number of rotatable bonds is 7. The van der Waals surface area contributed by atoms with Gasteiger partial charge >= 0.3 is 0 Å². The molecule has 28 heavy (non-hydrogen) atoms. The van der Waals surface area contributed by atoms with Gasteiger partial charge in [0.2, 0.25) is 5.91 Å². The van der Waals surface area contributed by atoms with Gasteiger partial charge in [-0.1, -0.05) is 30.3 Å². The SMILES string of the molecule is O=C1CCCN1CCOc1ccccc1CN1CCC[C@@H]1c1cccc(F)c1. The lowest BCUT2D eigenvalue weighted by Gasteiger charge is -2.26. The summed E-state index contributed by atoms with van der Waals surface area (Å²) in [6, 6.07) is 15.3. The van der Waals surface area contributed by atoms with E-state index in [1.165, 1.54) is 6.07 Å². The molecule has 2 fully saturated rings. The fourth-order valence-electron chi connectivity index (χ4n) is 4.31. The molecule has 0 saturated carbocycles. The van der Waals surface area contributed by atoms with Crippen LogP contribution in [0.1, 0.15) is 42.9 Å². The Morgan fingerprint density at radius 2 is 1.96 bits per heavy atom. The van der Waals surface area contributed by atoms with Crippen LogP contribution >= 0.6 is 0 Å². The van der Waals surface area contributed by atoms with E-state index in [1.54, 1.807) is 12.1 Å². The van der Waals surface area contributed by atoms with E-state index in [-0.39, 0.29) is 17.8 Å². The summed E-state index contributed by atoms with van der Waals surface area (Å²) in [7, 11) is 0. The summed E-state index contributed by atoms with van der Waals surface area (Å²) in [5.41, 5.74) is 2.18. The molecule has 5 heteroatoms. The molecule has 2 aliphatic rings. The summed E-state index contributed by atoms with van der Waals surface area (Å²) >= 11 is 0. The Labute approximate surface area is 165 Å². The highest BCUT2D eigenvalue weighted by molar-refractivity contribution is 5.78. The zero-order valence-corrected chi connectivity index (χ0v) is 16.1. The van der Waals surface area contributed by atoms with E-state index in [9.17, 15) is 9.18 Å². The molecule has 4 rings (SSSR count). The third kappa shape index (κ3) is 4.36. The smallest absolute Gasteiger partial charge is 0.222 e. The first-order valence-corrected chi connectivity index (χ1v) is 10.2. The molecular formula is C23H27FN2O2. The molecule has 2 saturated heterocycles. The Morgan fingerprint density at radius 1 is 1.07 bits per heavy atom. The van der Waals surface area contributed by atoms with Crippen LogP contribution in [0.3, 0.4) is 0 Å². The van der Waals surface area contributed by atoms with Gasteiger partial charge in [-0.3, -0.25) is 9.69 Å². The van der Waals surface area contributed by atoms with Crippen LogP contribution in [0.25, 0.3) is 0 Å². The molecule has 0 radical (unpaired) electrons. The topological polar surface area (TPSA) is 32.8 Å². The minimum Gasteiger partial charge on any atom is -0.491 e. The minimum atomic E-state index is -0.176. The highest BCUT2D eigenvalue weighted by Crippen LogP contribution is 2.34. The third-order valence-corrected chi connectivity index (χ3v) is 5.73. The lowest BCUT2D eigenvalue weighted by Crippen LogP contribution is -2.29. The van der Waals surface area contributed by atoms with Crippen LogP contribution in [-0.4, -0.2) is 41.9 Å². The van der Waals surface area contributed by atoms with Crippen molar-refractivity contribution in [2.24, 2.45) is 0 Å². The molecule has 1 amide bonds. The summed E-state index contributed by atoms with van der Waals surface area (Å²) in [6.45, 7) is 3.77. The predicted octanol–water partition coefficient (Wildman–Crippen LogP) is 4.16. The van der Waals surface area contributed by atoms with Crippen molar-refractivity contribution in [3.8, 4) is 5.75 Å². The fraction of sp³-hybridized carbons (Fsp3) is 0.435. The number of para-hydroxylation sites is 1. The predicted molar refractivity (Wildman–Crippen MR) is 107 cm³/mol. The van der Waals surface area contributed by atoms with E-state index in [4.69, 9.17) is 4.74 Å². The number of likely N-dealkylation sites (tertiary alicyclic amines) is 2. The highest BCUT2D eigenvalue weighted by atomic mass is 19.1. The highest BCUT2D eigenvalue weighted by Gasteiger charge is 2.27. The summed E-state index contributed by atoms with van der Waals surface area (Å²) in [5, 5.41) is 0. The maximum absolute atomic E-state index is 13.7. The van der Waals surface area contributed by atoms with Gasteiger partial charge in [0.15, 0.2) is 0 Å². The molecule has 2 heterocycles.